The summed E-state index contributed by atoms with van der Waals surface area (Å²) in [5, 5.41) is 2.58. The minimum Gasteiger partial charge on any atom is -0.371 e. The Bertz CT molecular complexity index is 567. The van der Waals surface area contributed by atoms with Gasteiger partial charge in [-0.2, -0.15) is 0 Å². The van der Waals surface area contributed by atoms with E-state index in [0.29, 0.717) is 5.92 Å². The molecule has 3 rings (SSSR count). The van der Waals surface area contributed by atoms with Gasteiger partial charge in [0.2, 0.25) is 0 Å². The van der Waals surface area contributed by atoms with E-state index in [1.54, 1.807) is 0 Å². The summed E-state index contributed by atoms with van der Waals surface area (Å²) in [5.74, 6) is 0.658. The van der Waals surface area contributed by atoms with E-state index in [1.807, 2.05) is 0 Å². The largest absolute Gasteiger partial charge is 0.371 e. The van der Waals surface area contributed by atoms with Crippen LogP contribution in [0.3, 0.4) is 0 Å². The first-order chi connectivity index (χ1) is 8.76. The van der Waals surface area contributed by atoms with Gasteiger partial charge in [0, 0.05) is 23.2 Å². The number of benzene rings is 2. The van der Waals surface area contributed by atoms with Crippen molar-refractivity contribution >= 4 is 32.4 Å². The number of hydrogen-bond acceptors (Lipinski definition) is 2. The molecule has 0 aliphatic carbocycles. The fourth-order valence-corrected chi connectivity index (χ4v) is 3.04. The molecule has 1 aliphatic rings. The predicted octanol–water partition coefficient (Wildman–Crippen LogP) is 3.39. The van der Waals surface area contributed by atoms with Crippen molar-refractivity contribution in [1.29, 1.82) is 0 Å². The third-order valence-corrected chi connectivity index (χ3v) is 4.26. The molecule has 1 aliphatic heterocycles. The molecule has 0 amide bonds. The summed E-state index contributed by atoms with van der Waals surface area (Å²) in [7, 11) is 0. The van der Waals surface area contributed by atoms with Gasteiger partial charge in [0.05, 0.1) is 0 Å². The van der Waals surface area contributed by atoms with Crippen LogP contribution >= 0.6 is 15.9 Å². The van der Waals surface area contributed by atoms with Gasteiger partial charge in [-0.05, 0) is 53.9 Å². The lowest BCUT2D eigenvalue weighted by atomic mass is 10.1. The Labute approximate surface area is 116 Å². The molecule has 1 heterocycles. The summed E-state index contributed by atoms with van der Waals surface area (Å²) in [5.41, 5.74) is 7.07. The van der Waals surface area contributed by atoms with Gasteiger partial charge >= 0.3 is 0 Å². The number of nitrogens with zero attached hydrogens (tertiary/aromatic N) is 1. The van der Waals surface area contributed by atoms with Crippen molar-refractivity contribution in [2.75, 3.05) is 24.5 Å². The van der Waals surface area contributed by atoms with Crippen LogP contribution in [0.15, 0.2) is 40.9 Å². The van der Waals surface area contributed by atoms with Gasteiger partial charge in [0.1, 0.15) is 0 Å². The first kappa shape index (κ1) is 12.0. The molecule has 0 saturated carbocycles. The molecule has 2 aromatic rings. The van der Waals surface area contributed by atoms with Crippen LogP contribution in [0.5, 0.6) is 0 Å². The summed E-state index contributed by atoms with van der Waals surface area (Å²) < 4.78 is 1.13. The van der Waals surface area contributed by atoms with Crippen LogP contribution in [0.1, 0.15) is 6.42 Å². The van der Waals surface area contributed by atoms with E-state index in [0.717, 1.165) is 24.1 Å². The van der Waals surface area contributed by atoms with Crippen LogP contribution in [0.2, 0.25) is 0 Å². The molecule has 2 aromatic carbocycles. The minimum atomic E-state index is 0.658. The van der Waals surface area contributed by atoms with Crippen molar-refractivity contribution in [2.24, 2.45) is 11.7 Å². The molecular weight excluding hydrogens is 288 g/mol. The maximum Gasteiger partial charge on any atom is 0.0372 e. The van der Waals surface area contributed by atoms with Crippen molar-refractivity contribution in [3.8, 4) is 0 Å². The third kappa shape index (κ3) is 2.25. The van der Waals surface area contributed by atoms with Crippen molar-refractivity contribution in [3.05, 3.63) is 40.9 Å². The minimum absolute atomic E-state index is 0.658. The smallest absolute Gasteiger partial charge is 0.0372 e. The van der Waals surface area contributed by atoms with Crippen molar-refractivity contribution < 1.29 is 0 Å². The monoisotopic (exact) mass is 304 g/mol. The Morgan fingerprint density at radius 3 is 2.72 bits per heavy atom. The Hall–Kier alpha value is -1.06. The summed E-state index contributed by atoms with van der Waals surface area (Å²) in [4.78, 5) is 2.44. The summed E-state index contributed by atoms with van der Waals surface area (Å²) in [6.45, 7) is 3.03. The molecule has 0 radical (unpaired) electrons. The fourth-order valence-electron chi connectivity index (χ4n) is 2.66. The van der Waals surface area contributed by atoms with Gasteiger partial charge in [0.25, 0.3) is 0 Å². The lowest BCUT2D eigenvalue weighted by Gasteiger charge is -2.19. The lowest BCUT2D eigenvalue weighted by molar-refractivity contribution is 0.603. The number of rotatable bonds is 2. The van der Waals surface area contributed by atoms with Crippen LogP contribution in [0.25, 0.3) is 10.8 Å². The van der Waals surface area contributed by atoms with Crippen molar-refractivity contribution in [2.45, 2.75) is 6.42 Å². The van der Waals surface area contributed by atoms with E-state index in [2.05, 4.69) is 57.2 Å². The van der Waals surface area contributed by atoms with Crippen LogP contribution < -0.4 is 10.6 Å². The standard InChI is InChI=1S/C15H17BrN2/c16-14-3-1-13-8-15(4-2-12(13)7-14)18-6-5-11(9-17)10-18/h1-4,7-8,11H,5-6,9-10,17H2. The normalized spacial score (nSPS) is 19.7. The highest BCUT2D eigenvalue weighted by atomic mass is 79.9. The molecule has 1 atom stereocenters. The van der Waals surface area contributed by atoms with E-state index < -0.39 is 0 Å². The molecular formula is C15H17BrN2. The van der Waals surface area contributed by atoms with Crippen LogP contribution in [-0.4, -0.2) is 19.6 Å². The number of nitrogens with two attached hydrogens (primary N) is 1. The first-order valence-corrected chi connectivity index (χ1v) is 7.20. The molecule has 0 aromatic heterocycles. The quantitative estimate of drug-likeness (QED) is 0.921. The number of halogens is 1. The van der Waals surface area contributed by atoms with E-state index in [4.69, 9.17) is 5.73 Å². The van der Waals surface area contributed by atoms with Gasteiger partial charge in [-0.1, -0.05) is 28.1 Å². The molecule has 0 spiro atoms. The highest BCUT2D eigenvalue weighted by Crippen LogP contribution is 2.28. The second kappa shape index (κ2) is 4.90. The number of hydrogen-bond donors (Lipinski definition) is 1. The van der Waals surface area contributed by atoms with Gasteiger partial charge in [-0.3, -0.25) is 0 Å². The van der Waals surface area contributed by atoms with E-state index in [1.165, 1.54) is 22.9 Å². The van der Waals surface area contributed by atoms with Crippen LogP contribution in [-0.2, 0) is 0 Å². The van der Waals surface area contributed by atoms with E-state index in [9.17, 15) is 0 Å². The molecule has 1 fully saturated rings. The molecule has 94 valence electrons. The summed E-state index contributed by atoms with van der Waals surface area (Å²) in [6, 6.07) is 13.1. The topological polar surface area (TPSA) is 29.3 Å². The van der Waals surface area contributed by atoms with Crippen molar-refractivity contribution in [3.63, 3.8) is 0 Å². The zero-order valence-corrected chi connectivity index (χ0v) is 11.9. The molecule has 2 N–H and O–H groups in total. The van der Waals surface area contributed by atoms with E-state index >= 15 is 0 Å². The van der Waals surface area contributed by atoms with Gasteiger partial charge in [-0.25, -0.2) is 0 Å². The summed E-state index contributed by atoms with van der Waals surface area (Å²) in [6.07, 6.45) is 1.22. The highest BCUT2D eigenvalue weighted by Gasteiger charge is 2.21. The van der Waals surface area contributed by atoms with Crippen molar-refractivity contribution in [1.82, 2.24) is 0 Å². The van der Waals surface area contributed by atoms with Crippen LogP contribution in [0.4, 0.5) is 5.69 Å². The molecule has 2 nitrogen and oxygen atoms in total. The zero-order chi connectivity index (χ0) is 12.5. The molecule has 0 bridgehead atoms. The maximum atomic E-state index is 5.75. The Morgan fingerprint density at radius 2 is 1.94 bits per heavy atom. The molecule has 18 heavy (non-hydrogen) atoms. The Balaban J connectivity index is 1.92. The summed E-state index contributed by atoms with van der Waals surface area (Å²) >= 11 is 3.51. The average Bonchev–Trinajstić information content (AvgIpc) is 2.87. The van der Waals surface area contributed by atoms with E-state index in [-0.39, 0.29) is 0 Å². The maximum absolute atomic E-state index is 5.75. The Morgan fingerprint density at radius 1 is 1.17 bits per heavy atom. The van der Waals surface area contributed by atoms with Gasteiger partial charge in [0.15, 0.2) is 0 Å². The average molecular weight is 305 g/mol. The first-order valence-electron chi connectivity index (χ1n) is 6.40. The van der Waals surface area contributed by atoms with Gasteiger partial charge in [-0.15, -0.1) is 0 Å². The fraction of sp³-hybridized carbons (Fsp3) is 0.333. The molecule has 1 unspecified atom stereocenters. The Kier molecular flexibility index (Phi) is 3.27. The SMILES string of the molecule is NCC1CCN(c2ccc3cc(Br)ccc3c2)C1. The second-order valence-electron chi connectivity index (χ2n) is 5.01. The van der Waals surface area contributed by atoms with Gasteiger partial charge < -0.3 is 10.6 Å². The predicted molar refractivity (Wildman–Crippen MR) is 81.0 cm³/mol. The molecule has 3 heteroatoms. The van der Waals surface area contributed by atoms with Crippen LogP contribution in [0, 0.1) is 5.92 Å². The second-order valence-corrected chi connectivity index (χ2v) is 5.93. The zero-order valence-electron chi connectivity index (χ0n) is 10.3. The number of anilines is 1. The molecule has 1 saturated heterocycles. The highest BCUT2D eigenvalue weighted by molar-refractivity contribution is 9.10. The third-order valence-electron chi connectivity index (χ3n) is 3.77. The lowest BCUT2D eigenvalue weighted by Crippen LogP contribution is -2.22. The number of fused-ring (bicyclic) bond motifs is 1.